The Labute approximate surface area is 183 Å². The molecule has 3 rings (SSSR count). The zero-order valence-corrected chi connectivity index (χ0v) is 17.1. The molecule has 8 nitrogen and oxygen atoms in total. The third-order valence-corrected chi connectivity index (χ3v) is 5.15. The molecular weight excluding hydrogens is 422 g/mol. The van der Waals surface area contributed by atoms with Crippen LogP contribution >= 0.6 is 11.6 Å². The molecule has 1 aliphatic rings. The highest BCUT2D eigenvalue weighted by Gasteiger charge is 2.24. The minimum Gasteiger partial charge on any atom is -0.480 e. The van der Waals surface area contributed by atoms with E-state index in [-0.39, 0.29) is 22.1 Å². The number of allylic oxidation sites excluding steroid dienone is 1. The number of primary amides is 1. The summed E-state index contributed by atoms with van der Waals surface area (Å²) in [7, 11) is 0. The van der Waals surface area contributed by atoms with Crippen molar-refractivity contribution in [3.63, 3.8) is 0 Å². The van der Waals surface area contributed by atoms with Crippen LogP contribution in [0.15, 0.2) is 42.5 Å². The van der Waals surface area contributed by atoms with Crippen molar-refractivity contribution in [1.82, 2.24) is 10.6 Å². The molecule has 5 N–H and O–H groups in total. The summed E-state index contributed by atoms with van der Waals surface area (Å²) in [4.78, 5) is 47.0. The molecule has 3 amide bonds. The van der Waals surface area contributed by atoms with Crippen LogP contribution < -0.4 is 16.4 Å². The first-order valence-electron chi connectivity index (χ1n) is 9.43. The maximum Gasteiger partial charge on any atom is 0.326 e. The van der Waals surface area contributed by atoms with E-state index in [4.69, 9.17) is 22.4 Å². The van der Waals surface area contributed by atoms with Crippen LogP contribution in [0.1, 0.15) is 43.8 Å². The van der Waals surface area contributed by atoms with Gasteiger partial charge in [-0.2, -0.15) is 0 Å². The van der Waals surface area contributed by atoms with Gasteiger partial charge in [-0.3, -0.25) is 14.4 Å². The number of hydrogen-bond donors (Lipinski definition) is 4. The van der Waals surface area contributed by atoms with Gasteiger partial charge >= 0.3 is 5.97 Å². The number of amides is 3. The molecule has 0 aromatic heterocycles. The molecule has 0 spiro atoms. The van der Waals surface area contributed by atoms with Crippen LogP contribution in [0.4, 0.5) is 0 Å². The Hall–Kier alpha value is -3.65. The predicted molar refractivity (Wildman–Crippen MR) is 115 cm³/mol. The number of nitrogens with one attached hydrogen (secondary N) is 2. The van der Waals surface area contributed by atoms with Gasteiger partial charge in [-0.25, -0.2) is 4.79 Å². The van der Waals surface area contributed by atoms with Crippen molar-refractivity contribution in [1.29, 1.82) is 0 Å². The van der Waals surface area contributed by atoms with E-state index in [0.29, 0.717) is 6.54 Å². The minimum absolute atomic E-state index is 0.0278. The van der Waals surface area contributed by atoms with Crippen LogP contribution in [0.5, 0.6) is 0 Å². The Bertz CT molecular complexity index is 1100. The summed E-state index contributed by atoms with van der Waals surface area (Å²) in [5.74, 6) is -3.44. The average Bonchev–Trinajstić information content (AvgIpc) is 3.20. The second kappa shape index (κ2) is 9.44. The van der Waals surface area contributed by atoms with Gasteiger partial charge in [0.2, 0.25) is 5.91 Å². The van der Waals surface area contributed by atoms with Gasteiger partial charge < -0.3 is 21.5 Å². The summed E-state index contributed by atoms with van der Waals surface area (Å²) in [5, 5.41) is 14.1. The van der Waals surface area contributed by atoms with Gasteiger partial charge in [0, 0.05) is 12.1 Å². The number of carbonyl (C=O) groups is 4. The van der Waals surface area contributed by atoms with Gasteiger partial charge in [0.25, 0.3) is 11.8 Å². The Morgan fingerprint density at radius 3 is 2.58 bits per heavy atom. The molecule has 9 heteroatoms. The van der Waals surface area contributed by atoms with Crippen LogP contribution in [0.3, 0.4) is 0 Å². The van der Waals surface area contributed by atoms with Crippen LogP contribution in [0.2, 0.25) is 5.02 Å². The van der Waals surface area contributed by atoms with Gasteiger partial charge in [-0.1, -0.05) is 42.0 Å². The molecule has 31 heavy (non-hydrogen) atoms. The van der Waals surface area contributed by atoms with E-state index in [9.17, 15) is 19.2 Å². The van der Waals surface area contributed by atoms with Crippen LogP contribution in [0, 0.1) is 0 Å². The van der Waals surface area contributed by atoms with Gasteiger partial charge in [-0.05, 0) is 41.3 Å². The highest BCUT2D eigenvalue weighted by atomic mass is 35.5. The Morgan fingerprint density at radius 2 is 1.90 bits per heavy atom. The van der Waals surface area contributed by atoms with Crippen LogP contribution in [-0.2, 0) is 22.6 Å². The Morgan fingerprint density at radius 1 is 1.13 bits per heavy atom. The summed E-state index contributed by atoms with van der Waals surface area (Å²) < 4.78 is 0. The number of aliphatic carboxylic acids is 1. The standard InChI is InChI=1S/C22H20ClN3O5/c23-17-9-13(7-8-16(17)21(29)26-18(22(30)31)10-19(24)27)20(28)25-11-14-5-1-3-12-4-2-6-15(12)14/h1-3,5-9,18H,4,10-11H2,(H2,24,27)(H,25,28)(H,26,29)(H,30,31)/t18-/m0/s1. The first kappa shape index (κ1) is 22.0. The lowest BCUT2D eigenvalue weighted by atomic mass is 10.0. The molecule has 1 atom stereocenters. The maximum absolute atomic E-state index is 12.5. The number of halogens is 1. The van der Waals surface area contributed by atoms with Gasteiger partial charge in [0.05, 0.1) is 17.0 Å². The molecule has 0 heterocycles. The Balaban J connectivity index is 1.67. The molecular formula is C22H20ClN3O5. The summed E-state index contributed by atoms with van der Waals surface area (Å²) in [5.41, 5.74) is 8.53. The average molecular weight is 442 g/mol. The molecule has 160 valence electrons. The van der Waals surface area contributed by atoms with Crippen LogP contribution in [-0.4, -0.2) is 34.8 Å². The number of nitrogens with two attached hydrogens (primary N) is 1. The van der Waals surface area contributed by atoms with Crippen molar-refractivity contribution in [2.75, 3.05) is 0 Å². The fourth-order valence-corrected chi connectivity index (χ4v) is 3.54. The summed E-state index contributed by atoms with van der Waals surface area (Å²) in [6.45, 7) is 0.333. The third kappa shape index (κ3) is 5.29. The largest absolute Gasteiger partial charge is 0.480 e. The smallest absolute Gasteiger partial charge is 0.326 e. The first-order valence-corrected chi connectivity index (χ1v) is 9.81. The molecule has 0 bridgehead atoms. The number of hydrogen-bond acceptors (Lipinski definition) is 4. The summed E-state index contributed by atoms with van der Waals surface area (Å²) in [6.07, 6.45) is 4.41. The number of carboxylic acid groups (broad SMARTS) is 1. The molecule has 2 aromatic carbocycles. The van der Waals surface area contributed by atoms with Crippen LogP contribution in [0.25, 0.3) is 6.08 Å². The monoisotopic (exact) mass is 441 g/mol. The first-order chi connectivity index (χ1) is 14.8. The molecule has 0 saturated carbocycles. The molecule has 1 aliphatic carbocycles. The molecule has 0 radical (unpaired) electrons. The van der Waals surface area contributed by atoms with E-state index < -0.39 is 30.2 Å². The fourth-order valence-electron chi connectivity index (χ4n) is 3.27. The number of rotatable bonds is 8. The normalized spacial score (nSPS) is 12.7. The van der Waals surface area contributed by atoms with E-state index in [2.05, 4.69) is 16.7 Å². The zero-order valence-electron chi connectivity index (χ0n) is 16.4. The van der Waals surface area contributed by atoms with Crippen molar-refractivity contribution in [2.45, 2.75) is 25.4 Å². The number of benzene rings is 2. The van der Waals surface area contributed by atoms with Crippen molar-refractivity contribution in [3.05, 3.63) is 75.3 Å². The van der Waals surface area contributed by atoms with E-state index in [1.807, 2.05) is 24.3 Å². The molecule has 0 saturated heterocycles. The quantitative estimate of drug-likeness (QED) is 0.495. The van der Waals surface area contributed by atoms with Crippen molar-refractivity contribution in [2.24, 2.45) is 5.73 Å². The predicted octanol–water partition coefficient (Wildman–Crippen LogP) is 1.90. The Kier molecular flexibility index (Phi) is 6.71. The molecule has 2 aromatic rings. The van der Waals surface area contributed by atoms with Gasteiger partial charge in [-0.15, -0.1) is 0 Å². The van der Waals surface area contributed by atoms with Crippen molar-refractivity contribution < 1.29 is 24.3 Å². The molecule has 0 unspecified atom stereocenters. The van der Waals surface area contributed by atoms with E-state index >= 15 is 0 Å². The summed E-state index contributed by atoms with van der Waals surface area (Å²) in [6, 6.07) is 8.51. The number of carbonyl (C=O) groups excluding carboxylic acids is 3. The minimum atomic E-state index is -1.48. The second-order valence-corrected chi connectivity index (χ2v) is 7.42. The topological polar surface area (TPSA) is 139 Å². The SMILES string of the molecule is NC(=O)C[C@H](NC(=O)c1ccc(C(=O)NCc2cccc3c2C=CC3)cc1Cl)C(=O)O. The van der Waals surface area contributed by atoms with Crippen molar-refractivity contribution in [3.8, 4) is 0 Å². The van der Waals surface area contributed by atoms with Gasteiger partial charge in [0.1, 0.15) is 6.04 Å². The third-order valence-electron chi connectivity index (χ3n) is 4.83. The maximum atomic E-state index is 12.5. The van der Waals surface area contributed by atoms with Gasteiger partial charge in [0.15, 0.2) is 0 Å². The fraction of sp³-hybridized carbons (Fsp3) is 0.182. The molecule has 0 aliphatic heterocycles. The second-order valence-electron chi connectivity index (χ2n) is 7.01. The van der Waals surface area contributed by atoms with Crippen molar-refractivity contribution >= 4 is 41.4 Å². The zero-order chi connectivity index (χ0) is 22.5. The molecule has 0 fully saturated rings. The van der Waals surface area contributed by atoms with E-state index in [1.54, 1.807) is 0 Å². The lowest BCUT2D eigenvalue weighted by Gasteiger charge is -2.14. The highest BCUT2D eigenvalue weighted by molar-refractivity contribution is 6.34. The number of fused-ring (bicyclic) bond motifs is 1. The van der Waals surface area contributed by atoms with E-state index in [1.165, 1.54) is 23.8 Å². The lowest BCUT2D eigenvalue weighted by Crippen LogP contribution is -2.43. The lowest BCUT2D eigenvalue weighted by molar-refractivity contribution is -0.140. The highest BCUT2D eigenvalue weighted by Crippen LogP contribution is 2.23. The summed E-state index contributed by atoms with van der Waals surface area (Å²) >= 11 is 6.14. The number of carboxylic acids is 1. The van der Waals surface area contributed by atoms with E-state index in [0.717, 1.165) is 17.5 Å².